The van der Waals surface area contributed by atoms with E-state index in [-0.39, 0.29) is 6.10 Å². The Morgan fingerprint density at radius 3 is 2.25 bits per heavy atom. The molecule has 0 aliphatic heterocycles. The predicted octanol–water partition coefficient (Wildman–Crippen LogP) is 2.65. The zero-order valence-corrected chi connectivity index (χ0v) is 10.4. The molecule has 1 fully saturated rings. The number of aryl methyl sites for hydroxylation is 2. The predicted molar refractivity (Wildman–Crippen MR) is 68.0 cm³/mol. The van der Waals surface area contributed by atoms with Crippen molar-refractivity contribution in [2.45, 2.75) is 45.3 Å². The van der Waals surface area contributed by atoms with E-state index in [0.717, 1.165) is 19.3 Å². The van der Waals surface area contributed by atoms with Crippen molar-refractivity contribution in [3.05, 3.63) is 29.3 Å². The second kappa shape index (κ2) is 4.46. The number of anilines is 1. The summed E-state index contributed by atoms with van der Waals surface area (Å²) < 4.78 is 0. The summed E-state index contributed by atoms with van der Waals surface area (Å²) in [6.07, 6.45) is 3.02. The minimum Gasteiger partial charge on any atom is -0.391 e. The lowest BCUT2D eigenvalue weighted by Crippen LogP contribution is -2.37. The van der Waals surface area contributed by atoms with Gasteiger partial charge in [-0.2, -0.15) is 0 Å². The van der Waals surface area contributed by atoms with E-state index >= 15 is 0 Å². The lowest BCUT2D eigenvalue weighted by molar-refractivity contribution is 0.163. The van der Waals surface area contributed by atoms with E-state index in [1.54, 1.807) is 0 Å². The fraction of sp³-hybridized carbons (Fsp3) is 0.571. The zero-order valence-electron chi connectivity index (χ0n) is 10.4. The largest absolute Gasteiger partial charge is 0.391 e. The molecule has 0 spiro atoms. The molecule has 1 N–H and O–H groups in total. The number of hydrogen-bond donors (Lipinski definition) is 1. The van der Waals surface area contributed by atoms with Crippen LogP contribution in [0.5, 0.6) is 0 Å². The Bertz CT molecular complexity index is 355. The lowest BCUT2D eigenvalue weighted by Gasteiger charge is -2.29. The fourth-order valence-electron chi connectivity index (χ4n) is 2.72. The van der Waals surface area contributed by atoms with Gasteiger partial charge in [0.15, 0.2) is 0 Å². The van der Waals surface area contributed by atoms with Crippen LogP contribution in [-0.4, -0.2) is 24.3 Å². The average Bonchev–Trinajstić information content (AvgIpc) is 2.62. The van der Waals surface area contributed by atoms with Gasteiger partial charge < -0.3 is 10.0 Å². The molecular formula is C14H21NO. The van der Waals surface area contributed by atoms with Gasteiger partial charge in [0.2, 0.25) is 0 Å². The molecule has 2 nitrogen and oxygen atoms in total. The molecule has 0 aromatic heterocycles. The van der Waals surface area contributed by atoms with Crippen molar-refractivity contribution < 1.29 is 5.11 Å². The van der Waals surface area contributed by atoms with Crippen LogP contribution >= 0.6 is 0 Å². The standard InChI is InChI=1S/C14H21NO/c1-10-7-11(2)9-12(8-10)15(3)13-5-4-6-14(13)16/h7-9,13-14,16H,4-6H2,1-3H3/t13-,14-/m0/s1. The van der Waals surface area contributed by atoms with Crippen LogP contribution < -0.4 is 4.90 Å². The molecular weight excluding hydrogens is 198 g/mol. The first-order valence-corrected chi connectivity index (χ1v) is 6.07. The maximum absolute atomic E-state index is 9.92. The van der Waals surface area contributed by atoms with Crippen LogP contribution in [0.1, 0.15) is 30.4 Å². The van der Waals surface area contributed by atoms with Crippen LogP contribution in [0.25, 0.3) is 0 Å². The first-order chi connectivity index (χ1) is 7.58. The molecule has 2 atom stereocenters. The van der Waals surface area contributed by atoms with Crippen LogP contribution in [0.3, 0.4) is 0 Å². The van der Waals surface area contributed by atoms with Gasteiger partial charge in [-0.15, -0.1) is 0 Å². The SMILES string of the molecule is Cc1cc(C)cc(N(C)[C@H]2CCC[C@@H]2O)c1. The monoisotopic (exact) mass is 219 g/mol. The molecule has 1 aromatic rings. The van der Waals surface area contributed by atoms with Gasteiger partial charge >= 0.3 is 0 Å². The Morgan fingerprint density at radius 2 is 1.75 bits per heavy atom. The Hall–Kier alpha value is -1.02. The number of rotatable bonds is 2. The molecule has 1 aromatic carbocycles. The van der Waals surface area contributed by atoms with Crippen LogP contribution in [0.2, 0.25) is 0 Å². The summed E-state index contributed by atoms with van der Waals surface area (Å²) in [5, 5.41) is 9.92. The van der Waals surface area contributed by atoms with Crippen LogP contribution in [-0.2, 0) is 0 Å². The second-order valence-electron chi connectivity index (χ2n) is 5.02. The van der Waals surface area contributed by atoms with E-state index in [2.05, 4.69) is 44.0 Å². The fourth-order valence-corrected chi connectivity index (χ4v) is 2.72. The molecule has 0 radical (unpaired) electrons. The van der Waals surface area contributed by atoms with Crippen molar-refractivity contribution >= 4 is 5.69 Å². The molecule has 0 unspecified atom stereocenters. The summed E-state index contributed by atoms with van der Waals surface area (Å²) in [4.78, 5) is 2.23. The normalized spacial score (nSPS) is 24.8. The average molecular weight is 219 g/mol. The van der Waals surface area contributed by atoms with Gasteiger partial charge in [-0.05, 0) is 56.4 Å². The maximum atomic E-state index is 9.92. The lowest BCUT2D eigenvalue weighted by atomic mass is 10.1. The van der Waals surface area contributed by atoms with Gasteiger partial charge in [0.25, 0.3) is 0 Å². The van der Waals surface area contributed by atoms with E-state index < -0.39 is 0 Å². The van der Waals surface area contributed by atoms with Crippen LogP contribution in [0, 0.1) is 13.8 Å². The molecule has 0 heterocycles. The summed E-state index contributed by atoms with van der Waals surface area (Å²) in [6.45, 7) is 4.24. The Labute approximate surface area is 97.9 Å². The van der Waals surface area contributed by atoms with Crippen LogP contribution in [0.15, 0.2) is 18.2 Å². The topological polar surface area (TPSA) is 23.5 Å². The Balaban J connectivity index is 2.22. The highest BCUT2D eigenvalue weighted by Crippen LogP contribution is 2.28. The number of aliphatic hydroxyl groups is 1. The zero-order chi connectivity index (χ0) is 11.7. The summed E-state index contributed by atoms with van der Waals surface area (Å²) >= 11 is 0. The van der Waals surface area contributed by atoms with E-state index in [0.29, 0.717) is 6.04 Å². The van der Waals surface area contributed by atoms with E-state index in [1.165, 1.54) is 16.8 Å². The summed E-state index contributed by atoms with van der Waals surface area (Å²) in [5.74, 6) is 0. The quantitative estimate of drug-likeness (QED) is 0.826. The molecule has 1 saturated carbocycles. The van der Waals surface area contributed by atoms with Gasteiger partial charge in [-0.1, -0.05) is 6.07 Å². The molecule has 2 rings (SSSR count). The maximum Gasteiger partial charge on any atom is 0.0743 e. The van der Waals surface area contributed by atoms with E-state index in [4.69, 9.17) is 0 Å². The molecule has 1 aliphatic rings. The highest BCUT2D eigenvalue weighted by atomic mass is 16.3. The highest BCUT2D eigenvalue weighted by molar-refractivity contribution is 5.51. The van der Waals surface area contributed by atoms with Gasteiger partial charge in [0.05, 0.1) is 12.1 Å². The molecule has 0 bridgehead atoms. The van der Waals surface area contributed by atoms with Crippen molar-refractivity contribution in [3.8, 4) is 0 Å². The molecule has 0 amide bonds. The van der Waals surface area contributed by atoms with Gasteiger partial charge in [0.1, 0.15) is 0 Å². The smallest absolute Gasteiger partial charge is 0.0743 e. The summed E-state index contributed by atoms with van der Waals surface area (Å²) in [5.41, 5.74) is 3.80. The highest BCUT2D eigenvalue weighted by Gasteiger charge is 2.28. The molecule has 88 valence electrons. The number of aliphatic hydroxyl groups excluding tert-OH is 1. The Kier molecular flexibility index (Phi) is 3.20. The van der Waals surface area contributed by atoms with Gasteiger partial charge in [-0.25, -0.2) is 0 Å². The third-order valence-electron chi connectivity index (χ3n) is 3.56. The van der Waals surface area contributed by atoms with Crippen molar-refractivity contribution in [1.82, 2.24) is 0 Å². The minimum atomic E-state index is -0.161. The molecule has 2 heteroatoms. The third-order valence-corrected chi connectivity index (χ3v) is 3.56. The number of hydrogen-bond acceptors (Lipinski definition) is 2. The van der Waals surface area contributed by atoms with Crippen molar-refractivity contribution in [2.24, 2.45) is 0 Å². The third kappa shape index (κ3) is 2.22. The van der Waals surface area contributed by atoms with E-state index in [1.807, 2.05) is 0 Å². The van der Waals surface area contributed by atoms with Crippen molar-refractivity contribution in [2.75, 3.05) is 11.9 Å². The Morgan fingerprint density at radius 1 is 1.12 bits per heavy atom. The van der Waals surface area contributed by atoms with Crippen LogP contribution in [0.4, 0.5) is 5.69 Å². The molecule has 0 saturated heterocycles. The van der Waals surface area contributed by atoms with Gasteiger partial charge in [-0.3, -0.25) is 0 Å². The number of nitrogens with zero attached hydrogens (tertiary/aromatic N) is 1. The minimum absolute atomic E-state index is 0.161. The first-order valence-electron chi connectivity index (χ1n) is 6.07. The summed E-state index contributed by atoms with van der Waals surface area (Å²) in [7, 11) is 2.09. The summed E-state index contributed by atoms with van der Waals surface area (Å²) in [6, 6.07) is 6.86. The first kappa shape index (κ1) is 11.5. The number of likely N-dealkylation sites (N-methyl/N-ethyl adjacent to an activating group) is 1. The second-order valence-corrected chi connectivity index (χ2v) is 5.02. The molecule has 16 heavy (non-hydrogen) atoms. The van der Waals surface area contributed by atoms with Crippen molar-refractivity contribution in [1.29, 1.82) is 0 Å². The molecule has 1 aliphatic carbocycles. The van der Waals surface area contributed by atoms with Gasteiger partial charge in [0, 0.05) is 12.7 Å². The van der Waals surface area contributed by atoms with Crippen molar-refractivity contribution in [3.63, 3.8) is 0 Å². The van der Waals surface area contributed by atoms with E-state index in [9.17, 15) is 5.11 Å². The number of benzene rings is 1.